The lowest BCUT2D eigenvalue weighted by Crippen LogP contribution is -1.94. The van der Waals surface area contributed by atoms with Gasteiger partial charge in [-0.25, -0.2) is 0 Å². The van der Waals surface area contributed by atoms with E-state index in [4.69, 9.17) is 0 Å². The van der Waals surface area contributed by atoms with Crippen LogP contribution in [0.25, 0.3) is 27.5 Å². The molecule has 0 spiro atoms. The third-order valence-corrected chi connectivity index (χ3v) is 3.60. The summed E-state index contributed by atoms with van der Waals surface area (Å²) in [5, 5.41) is 12.5. The van der Waals surface area contributed by atoms with Gasteiger partial charge < -0.3 is 9.67 Å². The Hall–Kier alpha value is -2.81. The lowest BCUT2D eigenvalue weighted by molar-refractivity contribution is 0.473. The molecule has 3 nitrogen and oxygen atoms in total. The van der Waals surface area contributed by atoms with Crippen molar-refractivity contribution in [2.45, 2.75) is 0 Å². The fourth-order valence-corrected chi connectivity index (χ4v) is 2.73. The molecule has 2 heterocycles. The standard InChI is InChI=1S/C17H12N2O/c20-17-8-4-3-7-15(17)19-14-6-2-1-5-12(14)13-9-10-18-11-16(13)19/h1-11,20H. The van der Waals surface area contributed by atoms with Crippen LogP contribution in [0.15, 0.2) is 67.0 Å². The molecule has 2 aromatic carbocycles. The van der Waals surface area contributed by atoms with Gasteiger partial charge in [0.1, 0.15) is 5.75 Å². The number of pyridine rings is 1. The second-order valence-electron chi connectivity index (χ2n) is 4.73. The smallest absolute Gasteiger partial charge is 0.139 e. The van der Waals surface area contributed by atoms with Gasteiger partial charge in [0.05, 0.1) is 22.9 Å². The number of hydrogen-bond acceptors (Lipinski definition) is 2. The summed E-state index contributed by atoms with van der Waals surface area (Å²) in [5.41, 5.74) is 2.83. The minimum absolute atomic E-state index is 0.263. The number of para-hydroxylation sites is 3. The zero-order valence-electron chi connectivity index (χ0n) is 10.7. The fraction of sp³-hybridized carbons (Fsp3) is 0. The number of phenols is 1. The Balaban J connectivity index is 2.24. The van der Waals surface area contributed by atoms with Gasteiger partial charge in [0, 0.05) is 17.0 Å². The topological polar surface area (TPSA) is 38.0 Å². The number of nitrogens with zero attached hydrogens (tertiary/aromatic N) is 2. The molecule has 0 radical (unpaired) electrons. The molecule has 0 saturated carbocycles. The minimum Gasteiger partial charge on any atom is -0.506 e. The van der Waals surface area contributed by atoms with Gasteiger partial charge in [0.15, 0.2) is 0 Å². The van der Waals surface area contributed by atoms with E-state index in [1.54, 1.807) is 12.3 Å². The van der Waals surface area contributed by atoms with Crippen LogP contribution in [0.2, 0.25) is 0 Å². The van der Waals surface area contributed by atoms with E-state index < -0.39 is 0 Å². The lowest BCUT2D eigenvalue weighted by atomic mass is 10.2. The van der Waals surface area contributed by atoms with E-state index in [1.807, 2.05) is 47.2 Å². The fourth-order valence-electron chi connectivity index (χ4n) is 2.73. The first-order valence-corrected chi connectivity index (χ1v) is 6.48. The SMILES string of the molecule is Oc1ccccc1-n1c2ccccc2c2ccncc21. The maximum Gasteiger partial charge on any atom is 0.139 e. The molecule has 0 unspecified atom stereocenters. The summed E-state index contributed by atoms with van der Waals surface area (Å²) in [6.45, 7) is 0. The quantitative estimate of drug-likeness (QED) is 0.564. The van der Waals surface area contributed by atoms with Gasteiger partial charge in [-0.1, -0.05) is 30.3 Å². The molecular weight excluding hydrogens is 248 g/mol. The molecule has 0 aliphatic rings. The molecule has 0 fully saturated rings. The van der Waals surface area contributed by atoms with Crippen molar-refractivity contribution in [2.24, 2.45) is 0 Å². The predicted octanol–water partition coefficient (Wildman–Crippen LogP) is 3.88. The summed E-state index contributed by atoms with van der Waals surface area (Å²) in [5.74, 6) is 0.263. The summed E-state index contributed by atoms with van der Waals surface area (Å²) >= 11 is 0. The van der Waals surface area contributed by atoms with E-state index in [0.29, 0.717) is 0 Å². The highest BCUT2D eigenvalue weighted by molar-refractivity contribution is 6.09. The van der Waals surface area contributed by atoms with E-state index in [-0.39, 0.29) is 5.75 Å². The van der Waals surface area contributed by atoms with Gasteiger partial charge in [-0.15, -0.1) is 0 Å². The molecule has 0 aliphatic heterocycles. The van der Waals surface area contributed by atoms with Gasteiger partial charge in [-0.05, 0) is 24.3 Å². The summed E-state index contributed by atoms with van der Waals surface area (Å²) in [6.07, 6.45) is 3.63. The normalized spacial score (nSPS) is 11.2. The van der Waals surface area contributed by atoms with E-state index in [0.717, 1.165) is 27.5 Å². The van der Waals surface area contributed by atoms with Crippen molar-refractivity contribution in [3.8, 4) is 11.4 Å². The number of aromatic nitrogens is 2. The first-order chi connectivity index (χ1) is 9.86. The van der Waals surface area contributed by atoms with Gasteiger partial charge in [0.2, 0.25) is 0 Å². The Morgan fingerprint density at radius 2 is 1.55 bits per heavy atom. The second-order valence-corrected chi connectivity index (χ2v) is 4.73. The molecule has 0 amide bonds. The van der Waals surface area contributed by atoms with Crippen LogP contribution in [-0.4, -0.2) is 14.7 Å². The molecule has 0 atom stereocenters. The van der Waals surface area contributed by atoms with Gasteiger partial charge in [-0.3, -0.25) is 4.98 Å². The van der Waals surface area contributed by atoms with Crippen molar-refractivity contribution < 1.29 is 5.11 Å². The van der Waals surface area contributed by atoms with Crippen LogP contribution in [0.4, 0.5) is 0 Å². The Morgan fingerprint density at radius 3 is 2.45 bits per heavy atom. The number of aromatic hydroxyl groups is 1. The zero-order chi connectivity index (χ0) is 13.5. The maximum atomic E-state index is 10.2. The van der Waals surface area contributed by atoms with Crippen LogP contribution in [0, 0.1) is 0 Å². The van der Waals surface area contributed by atoms with Crippen LogP contribution < -0.4 is 0 Å². The van der Waals surface area contributed by atoms with Crippen LogP contribution in [0.5, 0.6) is 5.75 Å². The first-order valence-electron chi connectivity index (χ1n) is 6.48. The predicted molar refractivity (Wildman–Crippen MR) is 80.2 cm³/mol. The molecule has 0 aliphatic carbocycles. The van der Waals surface area contributed by atoms with Gasteiger partial charge in [-0.2, -0.15) is 0 Å². The number of rotatable bonds is 1. The summed E-state index contributed by atoms with van der Waals surface area (Å²) < 4.78 is 2.05. The van der Waals surface area contributed by atoms with Crippen LogP contribution in [-0.2, 0) is 0 Å². The van der Waals surface area contributed by atoms with E-state index in [1.165, 1.54) is 0 Å². The van der Waals surface area contributed by atoms with Crippen molar-refractivity contribution in [2.75, 3.05) is 0 Å². The van der Waals surface area contributed by atoms with Crippen molar-refractivity contribution in [3.05, 3.63) is 67.0 Å². The van der Waals surface area contributed by atoms with Gasteiger partial charge >= 0.3 is 0 Å². The molecule has 4 aromatic rings. The summed E-state index contributed by atoms with van der Waals surface area (Å²) in [6, 6.07) is 17.5. The van der Waals surface area contributed by atoms with E-state index in [2.05, 4.69) is 17.1 Å². The monoisotopic (exact) mass is 260 g/mol. The van der Waals surface area contributed by atoms with E-state index in [9.17, 15) is 5.11 Å². The Morgan fingerprint density at radius 1 is 0.800 bits per heavy atom. The molecule has 96 valence electrons. The van der Waals surface area contributed by atoms with Crippen molar-refractivity contribution in [3.63, 3.8) is 0 Å². The third kappa shape index (κ3) is 1.43. The second kappa shape index (κ2) is 4.10. The molecule has 4 rings (SSSR count). The summed E-state index contributed by atoms with van der Waals surface area (Å²) in [7, 11) is 0. The average molecular weight is 260 g/mol. The van der Waals surface area contributed by atoms with Crippen LogP contribution in [0.1, 0.15) is 0 Å². The number of phenolic OH excluding ortho intramolecular Hbond substituents is 1. The lowest BCUT2D eigenvalue weighted by Gasteiger charge is -2.08. The molecule has 0 saturated heterocycles. The number of hydrogen-bond donors (Lipinski definition) is 1. The minimum atomic E-state index is 0.263. The zero-order valence-corrected chi connectivity index (χ0v) is 10.7. The number of fused-ring (bicyclic) bond motifs is 3. The Kier molecular flexibility index (Phi) is 2.27. The highest BCUT2D eigenvalue weighted by Crippen LogP contribution is 2.33. The van der Waals surface area contributed by atoms with Gasteiger partial charge in [0.25, 0.3) is 0 Å². The largest absolute Gasteiger partial charge is 0.506 e. The highest BCUT2D eigenvalue weighted by atomic mass is 16.3. The Labute approximate surface area is 115 Å². The third-order valence-electron chi connectivity index (χ3n) is 3.60. The average Bonchev–Trinajstić information content (AvgIpc) is 2.83. The molecule has 20 heavy (non-hydrogen) atoms. The van der Waals surface area contributed by atoms with Crippen molar-refractivity contribution >= 4 is 21.8 Å². The molecule has 3 heteroatoms. The molecular formula is C17H12N2O. The molecule has 2 aromatic heterocycles. The van der Waals surface area contributed by atoms with Crippen LogP contribution >= 0.6 is 0 Å². The van der Waals surface area contributed by atoms with Crippen molar-refractivity contribution in [1.29, 1.82) is 0 Å². The van der Waals surface area contributed by atoms with Crippen LogP contribution in [0.3, 0.4) is 0 Å². The molecule has 1 N–H and O–H groups in total. The number of benzene rings is 2. The Bertz CT molecular complexity index is 871. The van der Waals surface area contributed by atoms with E-state index >= 15 is 0 Å². The first kappa shape index (κ1) is 11.1. The highest BCUT2D eigenvalue weighted by Gasteiger charge is 2.13. The summed E-state index contributed by atoms with van der Waals surface area (Å²) in [4.78, 5) is 4.22. The van der Waals surface area contributed by atoms with Crippen molar-refractivity contribution in [1.82, 2.24) is 9.55 Å². The maximum absolute atomic E-state index is 10.2. The molecule has 0 bridgehead atoms.